The number of aryl methyl sites for hydroxylation is 3. The third-order valence-corrected chi connectivity index (χ3v) is 4.50. The van der Waals surface area contributed by atoms with Crippen LogP contribution >= 0.6 is 0 Å². The second-order valence-corrected chi connectivity index (χ2v) is 6.08. The Bertz CT molecular complexity index is 783. The van der Waals surface area contributed by atoms with Gasteiger partial charge in [0.2, 0.25) is 0 Å². The number of pyridine rings is 1. The van der Waals surface area contributed by atoms with Crippen LogP contribution in [0.25, 0.3) is 21.9 Å². The van der Waals surface area contributed by atoms with Crippen molar-refractivity contribution in [2.45, 2.75) is 45.4 Å². The maximum atomic E-state index is 5.00. The summed E-state index contributed by atoms with van der Waals surface area (Å²) in [5, 5.41) is 1.26. The van der Waals surface area contributed by atoms with Crippen LogP contribution in [0.1, 0.15) is 42.5 Å². The molecule has 4 rings (SSSR count). The van der Waals surface area contributed by atoms with Gasteiger partial charge >= 0.3 is 0 Å². The quantitative estimate of drug-likeness (QED) is 0.627. The van der Waals surface area contributed by atoms with Gasteiger partial charge in [-0.2, -0.15) is 0 Å². The molecule has 2 aromatic heterocycles. The van der Waals surface area contributed by atoms with Gasteiger partial charge in [-0.25, -0.2) is 0 Å². The summed E-state index contributed by atoms with van der Waals surface area (Å²) in [6, 6.07) is 8.94. The van der Waals surface area contributed by atoms with E-state index in [-0.39, 0.29) is 0 Å². The van der Waals surface area contributed by atoms with E-state index in [0.717, 1.165) is 11.9 Å². The number of rotatable bonds is 0. The van der Waals surface area contributed by atoms with Crippen molar-refractivity contribution in [3.63, 3.8) is 0 Å². The number of nitrogens with zero attached hydrogens (tertiary/aromatic N) is 1. The zero-order valence-electron chi connectivity index (χ0n) is 12.0. The van der Waals surface area contributed by atoms with Crippen LogP contribution in [0.2, 0.25) is 0 Å². The largest absolute Gasteiger partial charge is 0.353 e. The van der Waals surface area contributed by atoms with Gasteiger partial charge in [0.25, 0.3) is 0 Å². The lowest BCUT2D eigenvalue weighted by molar-refractivity contribution is 0.610. The van der Waals surface area contributed by atoms with Gasteiger partial charge in [0.05, 0.1) is 11.0 Å². The number of benzene rings is 1. The van der Waals surface area contributed by atoms with Gasteiger partial charge in [0.15, 0.2) is 0 Å². The smallest absolute Gasteiger partial charge is 0.0961 e. The van der Waals surface area contributed by atoms with Crippen LogP contribution < -0.4 is 0 Å². The van der Waals surface area contributed by atoms with Crippen LogP contribution in [-0.2, 0) is 12.8 Å². The lowest BCUT2D eigenvalue weighted by Crippen LogP contribution is -2.02. The van der Waals surface area contributed by atoms with Crippen LogP contribution in [0.5, 0.6) is 0 Å². The SMILES string of the molecule is Cc1ccc2c(c1)[nH]c1cc3c(nc12)CCCCCC3. The Morgan fingerprint density at radius 1 is 0.950 bits per heavy atom. The summed E-state index contributed by atoms with van der Waals surface area (Å²) >= 11 is 0. The molecule has 1 aliphatic rings. The molecule has 0 spiro atoms. The van der Waals surface area contributed by atoms with E-state index in [0.29, 0.717) is 0 Å². The third-order valence-electron chi connectivity index (χ3n) is 4.50. The topological polar surface area (TPSA) is 28.7 Å². The van der Waals surface area contributed by atoms with E-state index in [1.807, 2.05) is 0 Å². The molecule has 102 valence electrons. The summed E-state index contributed by atoms with van der Waals surface area (Å²) in [6.07, 6.45) is 7.64. The number of H-pyrrole nitrogens is 1. The van der Waals surface area contributed by atoms with Crippen LogP contribution in [0, 0.1) is 6.92 Å². The number of aromatic amines is 1. The van der Waals surface area contributed by atoms with Gasteiger partial charge in [-0.1, -0.05) is 25.0 Å². The third kappa shape index (κ3) is 1.91. The molecule has 0 saturated carbocycles. The monoisotopic (exact) mass is 264 g/mol. The van der Waals surface area contributed by atoms with Crippen molar-refractivity contribution in [3.8, 4) is 0 Å². The first-order valence-electron chi connectivity index (χ1n) is 7.72. The van der Waals surface area contributed by atoms with Crippen molar-refractivity contribution < 1.29 is 0 Å². The van der Waals surface area contributed by atoms with E-state index in [1.54, 1.807) is 0 Å². The fraction of sp³-hybridized carbons (Fsp3) is 0.389. The Hall–Kier alpha value is -1.83. The van der Waals surface area contributed by atoms with Crippen LogP contribution in [0.4, 0.5) is 0 Å². The van der Waals surface area contributed by atoms with Crippen LogP contribution in [0.3, 0.4) is 0 Å². The van der Waals surface area contributed by atoms with Gasteiger partial charge < -0.3 is 4.98 Å². The first kappa shape index (κ1) is 12.0. The first-order valence-corrected chi connectivity index (χ1v) is 7.72. The summed E-state index contributed by atoms with van der Waals surface area (Å²) in [4.78, 5) is 8.55. The number of hydrogen-bond donors (Lipinski definition) is 1. The van der Waals surface area contributed by atoms with E-state index in [9.17, 15) is 0 Å². The minimum atomic E-state index is 1.14. The lowest BCUT2D eigenvalue weighted by Gasteiger charge is -2.12. The highest BCUT2D eigenvalue weighted by Gasteiger charge is 2.13. The predicted octanol–water partition coefficient (Wildman–Crippen LogP) is 4.68. The van der Waals surface area contributed by atoms with Gasteiger partial charge in [0.1, 0.15) is 0 Å². The van der Waals surface area contributed by atoms with Crippen LogP contribution in [0.15, 0.2) is 24.3 Å². The van der Waals surface area contributed by atoms with Crippen LogP contribution in [-0.4, -0.2) is 9.97 Å². The Morgan fingerprint density at radius 3 is 2.70 bits per heavy atom. The Morgan fingerprint density at radius 2 is 1.80 bits per heavy atom. The molecule has 1 N–H and O–H groups in total. The molecule has 0 atom stereocenters. The van der Waals surface area contributed by atoms with Crippen molar-refractivity contribution in [2.24, 2.45) is 0 Å². The van der Waals surface area contributed by atoms with Crippen molar-refractivity contribution >= 4 is 21.9 Å². The molecule has 2 heterocycles. The molecule has 0 fully saturated rings. The Labute approximate surface area is 119 Å². The number of hydrogen-bond acceptors (Lipinski definition) is 1. The molecule has 3 aromatic rings. The first-order chi connectivity index (χ1) is 9.81. The normalized spacial score (nSPS) is 16.1. The Kier molecular flexibility index (Phi) is 2.76. The summed E-state index contributed by atoms with van der Waals surface area (Å²) in [7, 11) is 0. The fourth-order valence-corrected chi connectivity index (χ4v) is 3.40. The maximum absolute atomic E-state index is 5.00. The second-order valence-electron chi connectivity index (χ2n) is 6.08. The van der Waals surface area contributed by atoms with Crippen molar-refractivity contribution in [3.05, 3.63) is 41.1 Å². The zero-order chi connectivity index (χ0) is 13.5. The number of nitrogens with one attached hydrogen (secondary N) is 1. The average molecular weight is 264 g/mol. The average Bonchev–Trinajstić information content (AvgIpc) is 2.75. The van der Waals surface area contributed by atoms with E-state index in [2.05, 4.69) is 36.2 Å². The van der Waals surface area contributed by atoms with Crippen molar-refractivity contribution in [2.75, 3.05) is 0 Å². The minimum Gasteiger partial charge on any atom is -0.353 e. The van der Waals surface area contributed by atoms with E-state index in [1.165, 1.54) is 65.3 Å². The molecule has 0 aliphatic heterocycles. The van der Waals surface area contributed by atoms with E-state index >= 15 is 0 Å². The molecule has 0 unspecified atom stereocenters. The second kappa shape index (κ2) is 4.62. The molecule has 20 heavy (non-hydrogen) atoms. The summed E-state index contributed by atoms with van der Waals surface area (Å²) in [6.45, 7) is 2.14. The summed E-state index contributed by atoms with van der Waals surface area (Å²) in [5.41, 5.74) is 7.65. The molecule has 1 aliphatic carbocycles. The molecular formula is C18H20N2. The molecule has 2 nitrogen and oxygen atoms in total. The van der Waals surface area contributed by atoms with Gasteiger partial charge in [-0.05, 0) is 55.9 Å². The Balaban J connectivity index is 1.97. The highest BCUT2D eigenvalue weighted by molar-refractivity contribution is 6.05. The zero-order valence-corrected chi connectivity index (χ0v) is 12.0. The van der Waals surface area contributed by atoms with Gasteiger partial charge in [0, 0.05) is 16.6 Å². The number of fused-ring (bicyclic) bond motifs is 4. The molecule has 0 amide bonds. The molecule has 0 saturated heterocycles. The van der Waals surface area contributed by atoms with E-state index < -0.39 is 0 Å². The highest BCUT2D eigenvalue weighted by atomic mass is 14.8. The van der Waals surface area contributed by atoms with E-state index in [4.69, 9.17) is 4.98 Å². The standard InChI is InChI=1S/C18H20N2/c1-12-8-9-14-16(10-12)19-17-11-13-6-4-2-3-5-7-15(13)20-18(14)17/h8-11,19H,2-7H2,1H3. The fourth-order valence-electron chi connectivity index (χ4n) is 3.40. The summed E-state index contributed by atoms with van der Waals surface area (Å²) in [5.74, 6) is 0. The van der Waals surface area contributed by atoms with Crippen molar-refractivity contribution in [1.82, 2.24) is 9.97 Å². The molecule has 0 bridgehead atoms. The minimum absolute atomic E-state index is 1.14. The summed E-state index contributed by atoms with van der Waals surface area (Å²) < 4.78 is 0. The highest BCUT2D eigenvalue weighted by Crippen LogP contribution is 2.28. The van der Waals surface area contributed by atoms with Crippen molar-refractivity contribution in [1.29, 1.82) is 0 Å². The van der Waals surface area contributed by atoms with Gasteiger partial charge in [-0.15, -0.1) is 0 Å². The molecular weight excluding hydrogens is 244 g/mol. The predicted molar refractivity (Wildman–Crippen MR) is 84.2 cm³/mol. The molecule has 1 aromatic carbocycles. The molecule has 2 heteroatoms. The molecule has 0 radical (unpaired) electrons. The van der Waals surface area contributed by atoms with Gasteiger partial charge in [-0.3, -0.25) is 4.98 Å². The number of aromatic nitrogens is 2. The maximum Gasteiger partial charge on any atom is 0.0961 e. The lowest BCUT2D eigenvalue weighted by atomic mass is 9.97.